The lowest BCUT2D eigenvalue weighted by molar-refractivity contribution is 0.145. The summed E-state index contributed by atoms with van der Waals surface area (Å²) in [6.45, 7) is 3.87. The Morgan fingerprint density at radius 3 is 2.64 bits per heavy atom. The first-order chi connectivity index (χ1) is 10.6. The number of nitrogens with zero attached hydrogens (tertiary/aromatic N) is 3. The summed E-state index contributed by atoms with van der Waals surface area (Å²) < 4.78 is 5.34. The molecule has 0 saturated heterocycles. The number of rotatable bonds is 4. The average Bonchev–Trinajstić information content (AvgIpc) is 2.54. The van der Waals surface area contributed by atoms with Gasteiger partial charge in [-0.1, -0.05) is 30.3 Å². The molecule has 0 unspecified atom stereocenters. The molecule has 0 aliphatic carbocycles. The van der Waals surface area contributed by atoms with E-state index in [9.17, 15) is 10.1 Å². The Labute approximate surface area is 129 Å². The van der Waals surface area contributed by atoms with Crippen molar-refractivity contribution in [2.45, 2.75) is 26.5 Å². The highest BCUT2D eigenvalue weighted by Gasteiger charge is 2.24. The number of hydrogen-bond acceptors (Lipinski definition) is 4. The number of anilines is 1. The third-order valence-corrected chi connectivity index (χ3v) is 3.05. The maximum Gasteiger partial charge on any atom is 0.416 e. The van der Waals surface area contributed by atoms with Crippen molar-refractivity contribution in [3.63, 3.8) is 0 Å². The minimum atomic E-state index is -0.519. The first-order valence-corrected chi connectivity index (χ1v) is 6.98. The van der Waals surface area contributed by atoms with Crippen LogP contribution in [0.5, 0.6) is 0 Å². The standard InChI is InChI=1S/C17H17N3O2/c1-13(2)20(16-15(11-18)9-6-10-19-16)17(21)22-12-14-7-4-3-5-8-14/h3-10,13H,12H2,1-2H3. The lowest BCUT2D eigenvalue weighted by atomic mass is 10.2. The van der Waals surface area contributed by atoms with Crippen molar-refractivity contribution in [2.75, 3.05) is 4.90 Å². The van der Waals surface area contributed by atoms with Gasteiger partial charge in [-0.2, -0.15) is 5.26 Å². The van der Waals surface area contributed by atoms with Gasteiger partial charge in [0.25, 0.3) is 0 Å². The molecule has 0 spiro atoms. The number of aromatic nitrogens is 1. The van der Waals surface area contributed by atoms with Gasteiger partial charge in [0.1, 0.15) is 12.7 Å². The molecule has 2 rings (SSSR count). The van der Waals surface area contributed by atoms with E-state index in [0.29, 0.717) is 11.4 Å². The number of carbonyl (C=O) groups excluding carboxylic acids is 1. The Hall–Kier alpha value is -2.87. The van der Waals surface area contributed by atoms with E-state index in [1.54, 1.807) is 18.3 Å². The van der Waals surface area contributed by atoms with Crippen molar-refractivity contribution in [1.29, 1.82) is 5.26 Å². The summed E-state index contributed by atoms with van der Waals surface area (Å²) in [6, 6.07) is 14.6. The van der Waals surface area contributed by atoms with Crippen LogP contribution in [0.4, 0.5) is 10.6 Å². The Kier molecular flexibility index (Phi) is 5.10. The highest BCUT2D eigenvalue weighted by atomic mass is 16.6. The van der Waals surface area contributed by atoms with Gasteiger partial charge in [-0.3, -0.25) is 4.90 Å². The molecule has 0 radical (unpaired) electrons. The number of nitriles is 1. The topological polar surface area (TPSA) is 66.2 Å². The third kappa shape index (κ3) is 3.61. The second-order valence-corrected chi connectivity index (χ2v) is 4.99. The van der Waals surface area contributed by atoms with E-state index in [1.807, 2.05) is 50.2 Å². The van der Waals surface area contributed by atoms with Crippen LogP contribution >= 0.6 is 0 Å². The fraction of sp³-hybridized carbons (Fsp3) is 0.235. The SMILES string of the molecule is CC(C)N(C(=O)OCc1ccccc1)c1ncccc1C#N. The van der Waals surface area contributed by atoms with Gasteiger partial charge in [0.05, 0.1) is 5.56 Å². The molecule has 1 heterocycles. The smallest absolute Gasteiger partial charge is 0.416 e. The van der Waals surface area contributed by atoms with Gasteiger partial charge in [-0.25, -0.2) is 9.78 Å². The summed E-state index contributed by atoms with van der Waals surface area (Å²) in [7, 11) is 0. The van der Waals surface area contributed by atoms with E-state index in [4.69, 9.17) is 4.74 Å². The molecule has 2 aromatic rings. The highest BCUT2D eigenvalue weighted by Crippen LogP contribution is 2.20. The minimum absolute atomic E-state index is 0.176. The predicted molar refractivity (Wildman–Crippen MR) is 83.2 cm³/mol. The van der Waals surface area contributed by atoms with E-state index in [-0.39, 0.29) is 12.6 Å². The molecule has 0 atom stereocenters. The zero-order valence-corrected chi connectivity index (χ0v) is 12.6. The van der Waals surface area contributed by atoms with Crippen LogP contribution in [-0.4, -0.2) is 17.1 Å². The number of amides is 1. The lowest BCUT2D eigenvalue weighted by Crippen LogP contribution is -2.38. The van der Waals surface area contributed by atoms with Gasteiger partial charge >= 0.3 is 6.09 Å². The van der Waals surface area contributed by atoms with Crippen molar-refractivity contribution in [1.82, 2.24) is 4.98 Å². The Balaban J connectivity index is 2.18. The summed E-state index contributed by atoms with van der Waals surface area (Å²) in [4.78, 5) is 17.9. The molecule has 0 N–H and O–H groups in total. The molecule has 112 valence electrons. The molecule has 0 aliphatic rings. The largest absolute Gasteiger partial charge is 0.444 e. The van der Waals surface area contributed by atoms with Gasteiger partial charge in [-0.05, 0) is 31.5 Å². The van der Waals surface area contributed by atoms with Gasteiger partial charge in [0.15, 0.2) is 5.82 Å². The zero-order valence-electron chi connectivity index (χ0n) is 12.6. The Morgan fingerprint density at radius 1 is 1.27 bits per heavy atom. The summed E-state index contributed by atoms with van der Waals surface area (Å²) in [6.07, 6.45) is 1.03. The van der Waals surface area contributed by atoms with Crippen LogP contribution in [0.3, 0.4) is 0 Å². The average molecular weight is 295 g/mol. The van der Waals surface area contributed by atoms with Gasteiger partial charge in [0.2, 0.25) is 0 Å². The van der Waals surface area contributed by atoms with Crippen molar-refractivity contribution in [3.05, 3.63) is 59.8 Å². The molecule has 22 heavy (non-hydrogen) atoms. The van der Waals surface area contributed by atoms with Crippen LogP contribution in [0.2, 0.25) is 0 Å². The van der Waals surface area contributed by atoms with Crippen LogP contribution in [0.1, 0.15) is 25.0 Å². The van der Waals surface area contributed by atoms with Crippen molar-refractivity contribution < 1.29 is 9.53 Å². The maximum absolute atomic E-state index is 12.4. The van der Waals surface area contributed by atoms with E-state index in [2.05, 4.69) is 4.98 Å². The molecule has 1 aromatic heterocycles. The third-order valence-electron chi connectivity index (χ3n) is 3.05. The number of carbonyl (C=O) groups is 1. The van der Waals surface area contributed by atoms with Crippen molar-refractivity contribution in [3.8, 4) is 6.07 Å². The van der Waals surface area contributed by atoms with Crippen LogP contribution in [0.15, 0.2) is 48.7 Å². The first-order valence-electron chi connectivity index (χ1n) is 6.98. The number of ether oxygens (including phenoxy) is 1. The summed E-state index contributed by atoms with van der Waals surface area (Å²) in [5.74, 6) is 0.318. The minimum Gasteiger partial charge on any atom is -0.444 e. The van der Waals surface area contributed by atoms with Gasteiger partial charge < -0.3 is 4.74 Å². The fourth-order valence-corrected chi connectivity index (χ4v) is 2.01. The van der Waals surface area contributed by atoms with Crippen molar-refractivity contribution >= 4 is 11.9 Å². The second-order valence-electron chi connectivity index (χ2n) is 4.99. The monoisotopic (exact) mass is 295 g/mol. The molecule has 5 heteroatoms. The molecule has 0 fully saturated rings. The predicted octanol–water partition coefficient (Wildman–Crippen LogP) is 3.50. The zero-order chi connectivity index (χ0) is 15.9. The number of benzene rings is 1. The summed E-state index contributed by atoms with van der Waals surface area (Å²) in [5, 5.41) is 9.17. The molecule has 0 saturated carbocycles. The van der Waals surface area contributed by atoms with Crippen molar-refractivity contribution in [2.24, 2.45) is 0 Å². The molecular weight excluding hydrogens is 278 g/mol. The molecule has 0 bridgehead atoms. The molecule has 1 aromatic carbocycles. The lowest BCUT2D eigenvalue weighted by Gasteiger charge is -2.25. The van der Waals surface area contributed by atoms with Crippen LogP contribution in [-0.2, 0) is 11.3 Å². The number of hydrogen-bond donors (Lipinski definition) is 0. The Morgan fingerprint density at radius 2 is 2.00 bits per heavy atom. The molecule has 5 nitrogen and oxygen atoms in total. The van der Waals surface area contributed by atoms with Gasteiger partial charge in [-0.15, -0.1) is 0 Å². The van der Waals surface area contributed by atoms with E-state index in [1.165, 1.54) is 4.90 Å². The quantitative estimate of drug-likeness (QED) is 0.865. The van der Waals surface area contributed by atoms with Gasteiger partial charge in [0, 0.05) is 12.2 Å². The van der Waals surface area contributed by atoms with Crippen LogP contribution in [0.25, 0.3) is 0 Å². The van der Waals surface area contributed by atoms with E-state index < -0.39 is 6.09 Å². The highest BCUT2D eigenvalue weighted by molar-refractivity contribution is 5.88. The summed E-state index contributed by atoms with van der Waals surface area (Å²) >= 11 is 0. The van der Waals surface area contributed by atoms with Crippen LogP contribution < -0.4 is 4.90 Å². The normalized spacial score (nSPS) is 10.1. The molecule has 0 aliphatic heterocycles. The second kappa shape index (κ2) is 7.23. The summed E-state index contributed by atoms with van der Waals surface area (Å²) in [5.41, 5.74) is 1.24. The first kappa shape index (κ1) is 15.5. The molecule has 1 amide bonds. The maximum atomic E-state index is 12.4. The number of pyridine rings is 1. The Bertz CT molecular complexity index is 678. The van der Waals surface area contributed by atoms with Crippen LogP contribution in [0, 0.1) is 11.3 Å². The molecular formula is C17H17N3O2. The fourth-order valence-electron chi connectivity index (χ4n) is 2.01. The van der Waals surface area contributed by atoms with E-state index in [0.717, 1.165) is 5.56 Å². The van der Waals surface area contributed by atoms with E-state index >= 15 is 0 Å².